The molecule has 0 atom stereocenters. The highest BCUT2D eigenvalue weighted by Gasteiger charge is 2.28. The summed E-state index contributed by atoms with van der Waals surface area (Å²) in [5.74, 6) is 1.20. The Morgan fingerprint density at radius 3 is 2.55 bits per heavy atom. The van der Waals surface area contributed by atoms with Crippen molar-refractivity contribution in [3.05, 3.63) is 66.4 Å². The summed E-state index contributed by atoms with van der Waals surface area (Å²) in [4.78, 5) is 0. The number of fused-ring (bicyclic) bond motifs is 1. The van der Waals surface area contributed by atoms with Crippen LogP contribution in [0.1, 0.15) is 12.0 Å². The third kappa shape index (κ3) is 2.35. The van der Waals surface area contributed by atoms with Gasteiger partial charge in [-0.05, 0) is 37.2 Å². The van der Waals surface area contributed by atoms with Crippen LogP contribution in [0, 0.1) is 6.92 Å². The van der Waals surface area contributed by atoms with Crippen molar-refractivity contribution < 1.29 is 4.57 Å². The molecule has 1 aromatic heterocycles. The second-order valence-corrected chi connectivity index (χ2v) is 6.79. The molecule has 1 aliphatic heterocycles. The average molecular weight is 307 g/mol. The molecular formula is C19H19N2S+. The summed E-state index contributed by atoms with van der Waals surface area (Å²) < 4.78 is 4.80. The van der Waals surface area contributed by atoms with Gasteiger partial charge in [-0.3, -0.25) is 0 Å². The second kappa shape index (κ2) is 5.65. The van der Waals surface area contributed by atoms with Gasteiger partial charge in [-0.2, -0.15) is 4.57 Å². The second-order valence-electron chi connectivity index (χ2n) is 5.73. The van der Waals surface area contributed by atoms with Gasteiger partial charge in [-0.15, -0.1) is 0 Å². The molecule has 3 aromatic rings. The Bertz CT molecular complexity index is 788. The van der Waals surface area contributed by atoms with Crippen LogP contribution in [-0.2, 0) is 6.54 Å². The molecule has 0 bridgehead atoms. The summed E-state index contributed by atoms with van der Waals surface area (Å²) in [5.41, 5.74) is 5.08. The number of hydrogen-bond acceptors (Lipinski definition) is 1. The van der Waals surface area contributed by atoms with E-state index in [1.165, 1.54) is 39.8 Å². The quantitative estimate of drug-likeness (QED) is 0.643. The molecule has 2 nitrogen and oxygen atoms in total. The highest BCUT2D eigenvalue weighted by Crippen LogP contribution is 2.30. The van der Waals surface area contributed by atoms with E-state index in [1.807, 2.05) is 11.8 Å². The van der Waals surface area contributed by atoms with E-state index in [9.17, 15) is 0 Å². The number of rotatable bonds is 2. The first-order valence-corrected chi connectivity index (χ1v) is 8.72. The molecule has 3 heteroatoms. The molecule has 1 aliphatic rings. The van der Waals surface area contributed by atoms with Gasteiger partial charge in [0.25, 0.3) is 0 Å². The fourth-order valence-corrected chi connectivity index (χ4v) is 4.05. The number of nitrogens with zero attached hydrogens (tertiary/aromatic N) is 2. The molecule has 0 radical (unpaired) electrons. The van der Waals surface area contributed by atoms with Gasteiger partial charge in [0.2, 0.25) is 0 Å². The van der Waals surface area contributed by atoms with E-state index in [1.54, 1.807) is 0 Å². The van der Waals surface area contributed by atoms with Crippen molar-refractivity contribution in [2.75, 3.05) is 5.75 Å². The van der Waals surface area contributed by atoms with Crippen LogP contribution in [0.25, 0.3) is 16.9 Å². The Kier molecular flexibility index (Phi) is 3.51. The van der Waals surface area contributed by atoms with Crippen molar-refractivity contribution in [1.82, 2.24) is 4.57 Å². The van der Waals surface area contributed by atoms with E-state index in [-0.39, 0.29) is 0 Å². The molecule has 0 fully saturated rings. The SMILES string of the molecule is Cc1ccc(-n2c(-c3ccccc3)c[n+]3c2SCCC3)cc1. The number of benzene rings is 2. The lowest BCUT2D eigenvalue weighted by Crippen LogP contribution is -2.37. The molecule has 4 rings (SSSR count). The first-order chi connectivity index (χ1) is 10.8. The first kappa shape index (κ1) is 13.6. The molecule has 0 N–H and O–H groups in total. The number of aryl methyl sites for hydroxylation is 2. The minimum absolute atomic E-state index is 1.11. The van der Waals surface area contributed by atoms with Crippen LogP contribution in [0.15, 0.2) is 66.0 Å². The topological polar surface area (TPSA) is 8.81 Å². The number of aromatic nitrogens is 2. The van der Waals surface area contributed by atoms with Gasteiger partial charge in [0.05, 0.1) is 6.54 Å². The van der Waals surface area contributed by atoms with Gasteiger partial charge in [-0.25, -0.2) is 4.57 Å². The van der Waals surface area contributed by atoms with Crippen LogP contribution >= 0.6 is 11.8 Å². The van der Waals surface area contributed by atoms with E-state index in [4.69, 9.17) is 0 Å². The van der Waals surface area contributed by atoms with Gasteiger partial charge in [0.1, 0.15) is 11.9 Å². The third-order valence-electron chi connectivity index (χ3n) is 4.09. The Labute approximate surface area is 135 Å². The maximum atomic E-state index is 2.40. The highest BCUT2D eigenvalue weighted by molar-refractivity contribution is 7.99. The zero-order valence-corrected chi connectivity index (χ0v) is 13.5. The van der Waals surface area contributed by atoms with Crippen molar-refractivity contribution in [2.45, 2.75) is 25.0 Å². The fraction of sp³-hybridized carbons (Fsp3) is 0.211. The molecule has 22 heavy (non-hydrogen) atoms. The zero-order chi connectivity index (χ0) is 14.9. The molecular weight excluding hydrogens is 288 g/mol. The van der Waals surface area contributed by atoms with Crippen LogP contribution in [0.2, 0.25) is 0 Å². The van der Waals surface area contributed by atoms with Crippen LogP contribution < -0.4 is 4.57 Å². The monoisotopic (exact) mass is 307 g/mol. The first-order valence-electron chi connectivity index (χ1n) is 7.73. The fourth-order valence-electron chi connectivity index (χ4n) is 2.95. The van der Waals surface area contributed by atoms with Crippen LogP contribution in [0.5, 0.6) is 0 Å². The minimum Gasteiger partial charge on any atom is -0.224 e. The predicted molar refractivity (Wildman–Crippen MR) is 91.5 cm³/mol. The molecule has 0 saturated heterocycles. The summed E-state index contributed by atoms with van der Waals surface area (Å²) >= 11 is 1.96. The number of thioether (sulfide) groups is 1. The maximum Gasteiger partial charge on any atom is 0.323 e. The van der Waals surface area contributed by atoms with Gasteiger partial charge < -0.3 is 0 Å². The van der Waals surface area contributed by atoms with Gasteiger partial charge in [0, 0.05) is 11.3 Å². The average Bonchev–Trinajstić information content (AvgIpc) is 2.96. The Morgan fingerprint density at radius 2 is 1.77 bits per heavy atom. The van der Waals surface area contributed by atoms with Crippen LogP contribution in [0.4, 0.5) is 0 Å². The van der Waals surface area contributed by atoms with Gasteiger partial charge >= 0.3 is 5.16 Å². The van der Waals surface area contributed by atoms with Crippen molar-refractivity contribution in [2.24, 2.45) is 0 Å². The molecule has 110 valence electrons. The van der Waals surface area contributed by atoms with Gasteiger partial charge in [-0.1, -0.05) is 48.0 Å². The summed E-state index contributed by atoms with van der Waals surface area (Å²) in [5, 5.41) is 1.34. The lowest BCUT2D eigenvalue weighted by molar-refractivity contribution is -0.734. The molecule has 0 spiro atoms. The van der Waals surface area contributed by atoms with E-state index < -0.39 is 0 Å². The normalized spacial score (nSPS) is 13.9. The standard InChI is InChI=1S/C19H19N2S/c1-15-8-10-17(11-9-15)21-18(16-6-3-2-4-7-16)14-20-12-5-13-22-19(20)21/h2-4,6-11,14H,5,12-13H2,1H3/q+1. The highest BCUT2D eigenvalue weighted by atomic mass is 32.2. The molecule has 2 aromatic carbocycles. The predicted octanol–water partition coefficient (Wildman–Crippen LogP) is 4.24. The lowest BCUT2D eigenvalue weighted by Gasteiger charge is -2.09. The molecule has 0 aliphatic carbocycles. The summed E-state index contributed by atoms with van der Waals surface area (Å²) in [6.07, 6.45) is 3.55. The molecule has 0 saturated carbocycles. The Morgan fingerprint density at radius 1 is 1.00 bits per heavy atom. The largest absolute Gasteiger partial charge is 0.323 e. The summed E-state index contributed by atoms with van der Waals surface area (Å²) in [6.45, 7) is 3.25. The van der Waals surface area contributed by atoms with E-state index >= 15 is 0 Å². The summed E-state index contributed by atoms with van der Waals surface area (Å²) in [6, 6.07) is 19.5. The van der Waals surface area contributed by atoms with E-state index in [0.29, 0.717) is 0 Å². The van der Waals surface area contributed by atoms with Crippen molar-refractivity contribution in [3.63, 3.8) is 0 Å². The lowest BCUT2D eigenvalue weighted by atomic mass is 10.1. The zero-order valence-electron chi connectivity index (χ0n) is 12.7. The molecule has 2 heterocycles. The van der Waals surface area contributed by atoms with Crippen LogP contribution in [-0.4, -0.2) is 10.3 Å². The van der Waals surface area contributed by atoms with Crippen LogP contribution in [0.3, 0.4) is 0 Å². The Balaban J connectivity index is 1.94. The maximum absolute atomic E-state index is 2.40. The Hall–Kier alpha value is -2.00. The number of imidazole rings is 1. The smallest absolute Gasteiger partial charge is 0.224 e. The summed E-state index contributed by atoms with van der Waals surface area (Å²) in [7, 11) is 0. The number of hydrogen-bond donors (Lipinski definition) is 0. The van der Waals surface area contributed by atoms with Crippen molar-refractivity contribution in [3.8, 4) is 16.9 Å². The van der Waals surface area contributed by atoms with Crippen molar-refractivity contribution in [1.29, 1.82) is 0 Å². The van der Waals surface area contributed by atoms with Gasteiger partial charge in [0.15, 0.2) is 5.69 Å². The molecule has 0 unspecified atom stereocenters. The molecule has 0 amide bonds. The minimum atomic E-state index is 1.11. The third-order valence-corrected chi connectivity index (χ3v) is 5.26. The van der Waals surface area contributed by atoms with E-state index in [2.05, 4.69) is 76.9 Å². The van der Waals surface area contributed by atoms with Crippen molar-refractivity contribution >= 4 is 11.8 Å². The van der Waals surface area contributed by atoms with E-state index in [0.717, 1.165) is 6.54 Å².